The first-order chi connectivity index (χ1) is 10.6. The average Bonchev–Trinajstić information content (AvgIpc) is 2.45. The van der Waals surface area contributed by atoms with E-state index < -0.39 is 0 Å². The van der Waals surface area contributed by atoms with Crippen molar-refractivity contribution in [2.75, 3.05) is 6.61 Å². The summed E-state index contributed by atoms with van der Waals surface area (Å²) in [4.78, 5) is 12.4. The lowest BCUT2D eigenvalue weighted by Gasteiger charge is -2.56. The number of hydrogen-bond donors (Lipinski definition) is 0. The lowest BCUT2D eigenvalue weighted by molar-refractivity contribution is -0.153. The standard InChI is InChI=1S/C20H34O2/c1-3-5-6-15(4-2)14-22-19(21)13-20-10-16-7-17(11-20)9-18(8-16)12-20/h15-18H,3-14H2,1-2H3/t15-,16?,17?,18?,20?/m1/s1. The number of esters is 1. The maximum Gasteiger partial charge on any atom is 0.306 e. The summed E-state index contributed by atoms with van der Waals surface area (Å²) in [5, 5.41) is 0. The zero-order chi connectivity index (χ0) is 15.6. The van der Waals surface area contributed by atoms with E-state index in [1.165, 1.54) is 57.8 Å². The Balaban J connectivity index is 1.47. The number of carbonyl (C=O) groups excluding carboxylic acids is 1. The Labute approximate surface area is 136 Å². The summed E-state index contributed by atoms with van der Waals surface area (Å²) < 4.78 is 5.69. The molecule has 1 atom stereocenters. The Bertz CT molecular complexity index is 352. The van der Waals surface area contributed by atoms with Crippen LogP contribution in [0.3, 0.4) is 0 Å². The highest BCUT2D eigenvalue weighted by Gasteiger charge is 2.51. The molecule has 0 aliphatic heterocycles. The largest absolute Gasteiger partial charge is 0.465 e. The van der Waals surface area contributed by atoms with Crippen LogP contribution in [0.4, 0.5) is 0 Å². The molecule has 4 bridgehead atoms. The molecule has 126 valence electrons. The smallest absolute Gasteiger partial charge is 0.306 e. The minimum Gasteiger partial charge on any atom is -0.465 e. The molecular formula is C20H34O2. The van der Waals surface area contributed by atoms with Crippen LogP contribution in [0.25, 0.3) is 0 Å². The van der Waals surface area contributed by atoms with Crippen LogP contribution in [0.15, 0.2) is 0 Å². The second-order valence-corrected chi connectivity index (χ2v) is 8.69. The Hall–Kier alpha value is -0.530. The van der Waals surface area contributed by atoms with Gasteiger partial charge in [-0.15, -0.1) is 0 Å². The molecule has 0 saturated heterocycles. The Morgan fingerprint density at radius 2 is 1.68 bits per heavy atom. The highest BCUT2D eigenvalue weighted by atomic mass is 16.5. The van der Waals surface area contributed by atoms with E-state index in [9.17, 15) is 4.79 Å². The van der Waals surface area contributed by atoms with Crippen LogP contribution < -0.4 is 0 Å². The third-order valence-corrected chi connectivity index (χ3v) is 6.71. The van der Waals surface area contributed by atoms with Gasteiger partial charge in [-0.2, -0.15) is 0 Å². The quantitative estimate of drug-likeness (QED) is 0.565. The summed E-state index contributed by atoms with van der Waals surface area (Å²) >= 11 is 0. The molecule has 2 heteroatoms. The first-order valence-electron chi connectivity index (χ1n) is 9.78. The molecule has 0 spiro atoms. The summed E-state index contributed by atoms with van der Waals surface area (Å²) in [5.74, 6) is 3.43. The minimum atomic E-state index is 0.0944. The Morgan fingerprint density at radius 1 is 1.09 bits per heavy atom. The molecule has 4 aliphatic carbocycles. The maximum atomic E-state index is 12.4. The molecule has 0 unspecified atom stereocenters. The zero-order valence-corrected chi connectivity index (χ0v) is 14.6. The second-order valence-electron chi connectivity index (χ2n) is 8.69. The van der Waals surface area contributed by atoms with Crippen LogP contribution in [-0.2, 0) is 9.53 Å². The highest BCUT2D eigenvalue weighted by molar-refractivity contribution is 5.70. The zero-order valence-electron chi connectivity index (χ0n) is 14.6. The molecule has 0 N–H and O–H groups in total. The van der Waals surface area contributed by atoms with Gasteiger partial charge in [-0.1, -0.05) is 33.1 Å². The van der Waals surface area contributed by atoms with Gasteiger partial charge in [0.15, 0.2) is 0 Å². The van der Waals surface area contributed by atoms with Crippen molar-refractivity contribution in [2.45, 2.75) is 84.5 Å². The van der Waals surface area contributed by atoms with Crippen molar-refractivity contribution in [1.29, 1.82) is 0 Å². The lowest BCUT2D eigenvalue weighted by atomic mass is 9.49. The van der Waals surface area contributed by atoms with Crippen molar-refractivity contribution >= 4 is 5.97 Å². The van der Waals surface area contributed by atoms with Gasteiger partial charge >= 0.3 is 5.97 Å². The van der Waals surface area contributed by atoms with E-state index in [0.29, 0.717) is 24.4 Å². The number of unbranched alkanes of at least 4 members (excludes halogenated alkanes) is 1. The van der Waals surface area contributed by atoms with Crippen LogP contribution in [0.5, 0.6) is 0 Å². The molecule has 4 fully saturated rings. The molecule has 0 heterocycles. The van der Waals surface area contributed by atoms with Gasteiger partial charge in [0.05, 0.1) is 13.0 Å². The molecule has 0 radical (unpaired) electrons. The van der Waals surface area contributed by atoms with Crippen LogP contribution in [0, 0.1) is 29.1 Å². The fourth-order valence-corrected chi connectivity index (χ4v) is 5.97. The van der Waals surface area contributed by atoms with Crippen LogP contribution in [-0.4, -0.2) is 12.6 Å². The number of carbonyl (C=O) groups is 1. The maximum absolute atomic E-state index is 12.4. The molecular weight excluding hydrogens is 272 g/mol. The predicted molar refractivity (Wildman–Crippen MR) is 89.5 cm³/mol. The van der Waals surface area contributed by atoms with E-state index in [0.717, 1.165) is 24.2 Å². The number of rotatable bonds is 8. The van der Waals surface area contributed by atoms with Crippen molar-refractivity contribution < 1.29 is 9.53 Å². The fourth-order valence-electron chi connectivity index (χ4n) is 5.97. The number of hydrogen-bond acceptors (Lipinski definition) is 2. The molecule has 0 amide bonds. The van der Waals surface area contributed by atoms with Crippen molar-refractivity contribution in [2.24, 2.45) is 29.1 Å². The molecule has 22 heavy (non-hydrogen) atoms. The number of ether oxygens (including phenoxy) is 1. The Kier molecular flexibility index (Phi) is 5.14. The van der Waals surface area contributed by atoms with E-state index >= 15 is 0 Å². The van der Waals surface area contributed by atoms with Gasteiger partial charge in [0.2, 0.25) is 0 Å². The lowest BCUT2D eigenvalue weighted by Crippen LogP contribution is -2.47. The molecule has 0 aromatic carbocycles. The van der Waals surface area contributed by atoms with Gasteiger partial charge in [0.1, 0.15) is 0 Å². The summed E-state index contributed by atoms with van der Waals surface area (Å²) in [6.07, 6.45) is 13.8. The van der Waals surface area contributed by atoms with Gasteiger partial charge in [0.25, 0.3) is 0 Å². The topological polar surface area (TPSA) is 26.3 Å². The van der Waals surface area contributed by atoms with E-state index in [4.69, 9.17) is 4.74 Å². The minimum absolute atomic E-state index is 0.0944. The van der Waals surface area contributed by atoms with Crippen LogP contribution >= 0.6 is 0 Å². The second kappa shape index (κ2) is 6.93. The van der Waals surface area contributed by atoms with Crippen LogP contribution in [0.1, 0.15) is 84.5 Å². The monoisotopic (exact) mass is 306 g/mol. The van der Waals surface area contributed by atoms with Crippen molar-refractivity contribution in [3.63, 3.8) is 0 Å². The molecule has 0 aromatic heterocycles. The molecule has 4 aliphatic rings. The normalized spacial score (nSPS) is 37.3. The van der Waals surface area contributed by atoms with Gasteiger partial charge < -0.3 is 4.74 Å². The van der Waals surface area contributed by atoms with Gasteiger partial charge in [-0.05, 0) is 74.0 Å². The van der Waals surface area contributed by atoms with E-state index in [-0.39, 0.29) is 5.97 Å². The van der Waals surface area contributed by atoms with Gasteiger partial charge in [-0.25, -0.2) is 0 Å². The van der Waals surface area contributed by atoms with E-state index in [1.807, 2.05) is 0 Å². The molecule has 0 aromatic rings. The van der Waals surface area contributed by atoms with E-state index in [1.54, 1.807) is 0 Å². The first kappa shape index (κ1) is 16.3. The average molecular weight is 306 g/mol. The predicted octanol–water partition coefficient (Wildman–Crippen LogP) is 5.35. The molecule has 2 nitrogen and oxygen atoms in total. The van der Waals surface area contributed by atoms with Crippen molar-refractivity contribution in [3.8, 4) is 0 Å². The fraction of sp³-hybridized carbons (Fsp3) is 0.950. The highest BCUT2D eigenvalue weighted by Crippen LogP contribution is 2.61. The third kappa shape index (κ3) is 3.68. The SMILES string of the molecule is CCCC[C@@H](CC)COC(=O)CC12CC3CC(CC(C3)C1)C2. The summed E-state index contributed by atoms with van der Waals surface area (Å²) in [7, 11) is 0. The molecule has 4 saturated carbocycles. The van der Waals surface area contributed by atoms with Crippen molar-refractivity contribution in [3.05, 3.63) is 0 Å². The van der Waals surface area contributed by atoms with Crippen LogP contribution in [0.2, 0.25) is 0 Å². The summed E-state index contributed by atoms with van der Waals surface area (Å²) in [5.41, 5.74) is 0.330. The van der Waals surface area contributed by atoms with E-state index in [2.05, 4.69) is 13.8 Å². The summed E-state index contributed by atoms with van der Waals surface area (Å²) in [6.45, 7) is 5.10. The van der Waals surface area contributed by atoms with Gasteiger partial charge in [-0.3, -0.25) is 4.79 Å². The third-order valence-electron chi connectivity index (χ3n) is 6.71. The first-order valence-corrected chi connectivity index (χ1v) is 9.78. The van der Waals surface area contributed by atoms with Crippen molar-refractivity contribution in [1.82, 2.24) is 0 Å². The van der Waals surface area contributed by atoms with Gasteiger partial charge in [0, 0.05) is 0 Å². The Morgan fingerprint density at radius 3 is 2.18 bits per heavy atom. The summed E-state index contributed by atoms with van der Waals surface area (Å²) in [6, 6.07) is 0. The molecule has 4 rings (SSSR count).